The standard InChI is InChI=1S/C18H17FN2O2S/c1-3-17(22)20-14-7-4-12(5-8-14)10-18(23)21-15-9-6-13(19)11-16(15)24-2/h3-9,11H,1,10H2,2H3,(H,20,22)(H,21,23). The van der Waals surface area contributed by atoms with E-state index < -0.39 is 0 Å². The van der Waals surface area contributed by atoms with Crippen LogP contribution in [0.1, 0.15) is 5.56 Å². The molecular formula is C18H17FN2O2S. The van der Waals surface area contributed by atoms with Gasteiger partial charge in [-0.05, 0) is 48.2 Å². The number of carbonyl (C=O) groups excluding carboxylic acids is 2. The van der Waals surface area contributed by atoms with Crippen LogP contribution in [0.3, 0.4) is 0 Å². The molecule has 0 atom stereocenters. The molecule has 0 radical (unpaired) electrons. The van der Waals surface area contributed by atoms with Gasteiger partial charge in [0.15, 0.2) is 0 Å². The Morgan fingerprint density at radius 3 is 2.50 bits per heavy atom. The first-order chi connectivity index (χ1) is 11.5. The van der Waals surface area contributed by atoms with Gasteiger partial charge in [0.25, 0.3) is 0 Å². The van der Waals surface area contributed by atoms with Gasteiger partial charge in [-0.25, -0.2) is 4.39 Å². The highest BCUT2D eigenvalue weighted by atomic mass is 32.2. The number of rotatable bonds is 6. The van der Waals surface area contributed by atoms with Gasteiger partial charge in [-0.2, -0.15) is 0 Å². The van der Waals surface area contributed by atoms with E-state index in [1.165, 1.54) is 30.0 Å². The summed E-state index contributed by atoms with van der Waals surface area (Å²) in [6.07, 6.45) is 3.19. The lowest BCUT2D eigenvalue weighted by Crippen LogP contribution is -2.15. The molecule has 2 aromatic rings. The minimum Gasteiger partial charge on any atom is -0.325 e. The van der Waals surface area contributed by atoms with Crippen molar-refractivity contribution in [2.45, 2.75) is 11.3 Å². The Hall–Kier alpha value is -2.60. The molecule has 0 bridgehead atoms. The van der Waals surface area contributed by atoms with Crippen molar-refractivity contribution in [3.05, 3.63) is 66.5 Å². The second-order valence-corrected chi connectivity index (χ2v) is 5.81. The molecule has 0 unspecified atom stereocenters. The van der Waals surface area contributed by atoms with E-state index >= 15 is 0 Å². The average Bonchev–Trinajstić information content (AvgIpc) is 2.58. The molecule has 0 aliphatic rings. The molecule has 24 heavy (non-hydrogen) atoms. The minimum atomic E-state index is -0.338. The first-order valence-corrected chi connectivity index (χ1v) is 8.40. The molecule has 2 amide bonds. The predicted octanol–water partition coefficient (Wildman–Crippen LogP) is 3.85. The molecule has 0 aliphatic carbocycles. The van der Waals surface area contributed by atoms with Crippen LogP contribution in [0.5, 0.6) is 0 Å². The first kappa shape index (κ1) is 17.7. The van der Waals surface area contributed by atoms with Gasteiger partial charge in [0, 0.05) is 10.6 Å². The number of benzene rings is 2. The van der Waals surface area contributed by atoms with Gasteiger partial charge in [0.2, 0.25) is 11.8 Å². The van der Waals surface area contributed by atoms with Gasteiger partial charge in [-0.3, -0.25) is 9.59 Å². The van der Waals surface area contributed by atoms with Crippen molar-refractivity contribution < 1.29 is 14.0 Å². The second kappa shape index (κ2) is 8.31. The van der Waals surface area contributed by atoms with Gasteiger partial charge >= 0.3 is 0 Å². The zero-order chi connectivity index (χ0) is 17.5. The molecule has 0 spiro atoms. The van der Waals surface area contributed by atoms with Crippen molar-refractivity contribution in [1.29, 1.82) is 0 Å². The number of hydrogen-bond acceptors (Lipinski definition) is 3. The van der Waals surface area contributed by atoms with Crippen molar-refractivity contribution in [3.8, 4) is 0 Å². The van der Waals surface area contributed by atoms with Crippen molar-refractivity contribution in [1.82, 2.24) is 0 Å². The summed E-state index contributed by atoms with van der Waals surface area (Å²) >= 11 is 1.36. The summed E-state index contributed by atoms with van der Waals surface area (Å²) < 4.78 is 13.2. The van der Waals surface area contributed by atoms with Crippen molar-refractivity contribution >= 4 is 35.0 Å². The third-order valence-corrected chi connectivity index (χ3v) is 3.99. The van der Waals surface area contributed by atoms with Crippen LogP contribution in [-0.4, -0.2) is 18.1 Å². The highest BCUT2D eigenvalue weighted by Gasteiger charge is 2.09. The summed E-state index contributed by atoms with van der Waals surface area (Å²) in [4.78, 5) is 24.0. The van der Waals surface area contributed by atoms with E-state index in [4.69, 9.17) is 0 Å². The van der Waals surface area contributed by atoms with Crippen molar-refractivity contribution in [2.75, 3.05) is 16.9 Å². The normalized spacial score (nSPS) is 10.1. The maximum absolute atomic E-state index is 13.2. The Morgan fingerprint density at radius 2 is 1.88 bits per heavy atom. The summed E-state index contributed by atoms with van der Waals surface area (Å²) in [5.41, 5.74) is 2.02. The van der Waals surface area contributed by atoms with E-state index in [1.807, 2.05) is 6.26 Å². The molecular weight excluding hydrogens is 327 g/mol. The van der Waals surface area contributed by atoms with E-state index in [-0.39, 0.29) is 24.1 Å². The zero-order valence-electron chi connectivity index (χ0n) is 13.1. The Bertz CT molecular complexity index is 760. The quantitative estimate of drug-likeness (QED) is 0.618. The maximum Gasteiger partial charge on any atom is 0.247 e. The molecule has 124 valence electrons. The monoisotopic (exact) mass is 344 g/mol. The molecule has 0 heterocycles. The molecule has 2 rings (SSSR count). The van der Waals surface area contributed by atoms with E-state index in [0.717, 1.165) is 5.56 Å². The second-order valence-electron chi connectivity index (χ2n) is 4.96. The summed E-state index contributed by atoms with van der Waals surface area (Å²) in [7, 11) is 0. The smallest absolute Gasteiger partial charge is 0.247 e. The van der Waals surface area contributed by atoms with E-state index in [9.17, 15) is 14.0 Å². The molecule has 6 heteroatoms. The van der Waals surface area contributed by atoms with Crippen LogP contribution in [0.4, 0.5) is 15.8 Å². The highest BCUT2D eigenvalue weighted by Crippen LogP contribution is 2.26. The van der Waals surface area contributed by atoms with Gasteiger partial charge in [-0.1, -0.05) is 18.7 Å². The molecule has 0 aromatic heterocycles. The van der Waals surface area contributed by atoms with Crippen molar-refractivity contribution in [3.63, 3.8) is 0 Å². The van der Waals surface area contributed by atoms with Crippen molar-refractivity contribution in [2.24, 2.45) is 0 Å². The lowest BCUT2D eigenvalue weighted by atomic mass is 10.1. The van der Waals surface area contributed by atoms with Gasteiger partial charge < -0.3 is 10.6 Å². The number of carbonyl (C=O) groups is 2. The predicted molar refractivity (Wildman–Crippen MR) is 95.8 cm³/mol. The van der Waals surface area contributed by atoms with Gasteiger partial charge in [0.1, 0.15) is 5.82 Å². The summed E-state index contributed by atoms with van der Waals surface area (Å²) in [5.74, 6) is -0.823. The fourth-order valence-electron chi connectivity index (χ4n) is 2.05. The van der Waals surface area contributed by atoms with E-state index in [0.29, 0.717) is 16.3 Å². The van der Waals surface area contributed by atoms with Crippen LogP contribution < -0.4 is 10.6 Å². The molecule has 0 saturated carbocycles. The lowest BCUT2D eigenvalue weighted by Gasteiger charge is -2.10. The molecule has 2 aromatic carbocycles. The van der Waals surface area contributed by atoms with Crippen LogP contribution in [0.2, 0.25) is 0 Å². The number of nitrogens with one attached hydrogen (secondary N) is 2. The Labute approximate surface area is 144 Å². The number of halogens is 1. The largest absolute Gasteiger partial charge is 0.325 e. The fourth-order valence-corrected chi connectivity index (χ4v) is 2.62. The SMILES string of the molecule is C=CC(=O)Nc1ccc(CC(=O)Nc2ccc(F)cc2SC)cc1. The van der Waals surface area contributed by atoms with Crippen LogP contribution in [0.25, 0.3) is 0 Å². The van der Waals surface area contributed by atoms with Gasteiger partial charge in [-0.15, -0.1) is 11.8 Å². The number of anilines is 2. The molecule has 0 aliphatic heterocycles. The Balaban J connectivity index is 2.00. The maximum atomic E-state index is 13.2. The van der Waals surface area contributed by atoms with E-state index in [1.54, 1.807) is 30.3 Å². The number of hydrogen-bond donors (Lipinski definition) is 2. The molecule has 0 fully saturated rings. The number of thioether (sulfide) groups is 1. The summed E-state index contributed by atoms with van der Waals surface area (Å²) in [6.45, 7) is 3.38. The van der Waals surface area contributed by atoms with Crippen LogP contribution in [-0.2, 0) is 16.0 Å². The Morgan fingerprint density at radius 1 is 1.17 bits per heavy atom. The number of amides is 2. The van der Waals surface area contributed by atoms with Crippen LogP contribution >= 0.6 is 11.8 Å². The lowest BCUT2D eigenvalue weighted by molar-refractivity contribution is -0.115. The van der Waals surface area contributed by atoms with Crippen LogP contribution in [0, 0.1) is 5.82 Å². The molecule has 4 nitrogen and oxygen atoms in total. The summed E-state index contributed by atoms with van der Waals surface area (Å²) in [5, 5.41) is 5.42. The fraction of sp³-hybridized carbons (Fsp3) is 0.111. The van der Waals surface area contributed by atoms with E-state index in [2.05, 4.69) is 17.2 Å². The first-order valence-electron chi connectivity index (χ1n) is 7.17. The third-order valence-electron chi connectivity index (χ3n) is 3.21. The topological polar surface area (TPSA) is 58.2 Å². The zero-order valence-corrected chi connectivity index (χ0v) is 14.0. The van der Waals surface area contributed by atoms with Crippen LogP contribution in [0.15, 0.2) is 60.0 Å². The highest BCUT2D eigenvalue weighted by molar-refractivity contribution is 7.98. The Kier molecular flexibility index (Phi) is 6.14. The summed E-state index contributed by atoms with van der Waals surface area (Å²) in [6, 6.07) is 11.2. The molecule has 2 N–H and O–H groups in total. The third kappa shape index (κ3) is 4.96. The average molecular weight is 344 g/mol. The van der Waals surface area contributed by atoms with Gasteiger partial charge in [0.05, 0.1) is 12.1 Å². The minimum absolute atomic E-state index is 0.181. The molecule has 0 saturated heterocycles.